The highest BCUT2D eigenvalue weighted by Crippen LogP contribution is 2.18. The summed E-state index contributed by atoms with van der Waals surface area (Å²) in [7, 11) is 0. The topological polar surface area (TPSA) is 84.9 Å². The Morgan fingerprint density at radius 3 is 1.97 bits per heavy atom. The number of β-amino-alcohol motifs (C(OH)–C–C–N with tert-alkyl or cyclic N) is 1. The van der Waals surface area contributed by atoms with Crippen molar-refractivity contribution in [1.29, 1.82) is 0 Å². The number of esters is 2. The maximum Gasteiger partial charge on any atom is 0.323 e. The highest BCUT2D eigenvalue weighted by atomic mass is 16.5. The van der Waals surface area contributed by atoms with Crippen molar-refractivity contribution in [2.75, 3.05) is 13.2 Å². The number of hydrogen-bond acceptors (Lipinski definition) is 6. The van der Waals surface area contributed by atoms with Crippen LogP contribution in [0.1, 0.15) is 129 Å². The standard InChI is InChI=1S/C27H51NO5/c1-3-5-7-9-11-13-17-24(18-14-12-10-8-6-4-2)33-26(30)19-15-16-20-32-27(31)25-21-23(29)22-28-25/h23-25,28-29H,3-22H2,1-2H3/t23?,25-/m0/s1. The molecule has 0 amide bonds. The number of aliphatic hydroxyl groups excluding tert-OH is 1. The summed E-state index contributed by atoms with van der Waals surface area (Å²) >= 11 is 0. The number of nitrogens with one attached hydrogen (secondary N) is 1. The van der Waals surface area contributed by atoms with Crippen LogP contribution in [0.4, 0.5) is 0 Å². The van der Waals surface area contributed by atoms with E-state index in [0.717, 1.165) is 25.7 Å². The number of carbonyl (C=O) groups is 2. The van der Waals surface area contributed by atoms with Crippen LogP contribution in [-0.2, 0) is 19.1 Å². The predicted octanol–water partition coefficient (Wildman–Crippen LogP) is 5.84. The molecular weight excluding hydrogens is 418 g/mol. The summed E-state index contributed by atoms with van der Waals surface area (Å²) in [5, 5.41) is 12.4. The van der Waals surface area contributed by atoms with Gasteiger partial charge in [0.25, 0.3) is 0 Å². The van der Waals surface area contributed by atoms with E-state index in [2.05, 4.69) is 19.2 Å². The minimum atomic E-state index is -0.474. The fourth-order valence-corrected chi connectivity index (χ4v) is 4.35. The Labute approximate surface area is 202 Å². The van der Waals surface area contributed by atoms with Crippen LogP contribution in [0.15, 0.2) is 0 Å². The molecule has 1 unspecified atom stereocenters. The van der Waals surface area contributed by atoms with Crippen LogP contribution in [0.3, 0.4) is 0 Å². The van der Waals surface area contributed by atoms with Crippen molar-refractivity contribution in [2.24, 2.45) is 0 Å². The third-order valence-electron chi connectivity index (χ3n) is 6.47. The molecule has 1 aliphatic rings. The van der Waals surface area contributed by atoms with Crippen LogP contribution in [0.2, 0.25) is 0 Å². The van der Waals surface area contributed by atoms with Gasteiger partial charge in [-0.1, -0.05) is 78.1 Å². The van der Waals surface area contributed by atoms with Crippen molar-refractivity contribution in [3.8, 4) is 0 Å². The molecule has 1 fully saturated rings. The van der Waals surface area contributed by atoms with Gasteiger partial charge in [0.15, 0.2) is 0 Å². The first-order valence-corrected chi connectivity index (χ1v) is 13.8. The molecule has 0 aromatic carbocycles. The van der Waals surface area contributed by atoms with Crippen LogP contribution in [0, 0.1) is 0 Å². The molecule has 2 N–H and O–H groups in total. The van der Waals surface area contributed by atoms with Gasteiger partial charge in [-0.05, 0) is 38.5 Å². The van der Waals surface area contributed by atoms with E-state index in [1.807, 2.05) is 0 Å². The molecular formula is C27H51NO5. The Bertz CT molecular complexity index is 483. The van der Waals surface area contributed by atoms with Crippen molar-refractivity contribution in [2.45, 2.75) is 148 Å². The van der Waals surface area contributed by atoms with Gasteiger partial charge in [0.2, 0.25) is 0 Å². The van der Waals surface area contributed by atoms with Crippen LogP contribution >= 0.6 is 0 Å². The number of aliphatic hydroxyl groups is 1. The van der Waals surface area contributed by atoms with Crippen molar-refractivity contribution in [3.05, 3.63) is 0 Å². The zero-order valence-corrected chi connectivity index (χ0v) is 21.5. The lowest BCUT2D eigenvalue weighted by molar-refractivity contribution is -0.150. The lowest BCUT2D eigenvalue weighted by Crippen LogP contribution is -2.32. The maximum absolute atomic E-state index is 12.4. The third kappa shape index (κ3) is 16.2. The lowest BCUT2D eigenvalue weighted by Gasteiger charge is -2.18. The van der Waals surface area contributed by atoms with Crippen LogP contribution in [0.25, 0.3) is 0 Å². The van der Waals surface area contributed by atoms with Gasteiger partial charge in [0, 0.05) is 19.4 Å². The SMILES string of the molecule is CCCCCCCCC(CCCCCCCC)OC(=O)CCCCOC(=O)[C@@H]1CC(O)CN1. The monoisotopic (exact) mass is 469 g/mol. The number of ether oxygens (including phenoxy) is 2. The molecule has 6 heteroatoms. The maximum atomic E-state index is 12.4. The normalized spacial score (nSPS) is 18.1. The second-order valence-corrected chi connectivity index (χ2v) is 9.70. The number of rotatable bonds is 21. The van der Waals surface area contributed by atoms with Crippen LogP contribution < -0.4 is 5.32 Å². The largest absolute Gasteiger partial charge is 0.465 e. The van der Waals surface area contributed by atoms with E-state index in [1.54, 1.807) is 0 Å². The van der Waals surface area contributed by atoms with Gasteiger partial charge >= 0.3 is 11.9 Å². The average molecular weight is 470 g/mol. The van der Waals surface area contributed by atoms with Crippen molar-refractivity contribution in [1.82, 2.24) is 5.32 Å². The van der Waals surface area contributed by atoms with Gasteiger partial charge in [-0.15, -0.1) is 0 Å². The molecule has 6 nitrogen and oxygen atoms in total. The number of carbonyl (C=O) groups excluding carboxylic acids is 2. The van der Waals surface area contributed by atoms with Gasteiger partial charge in [-0.25, -0.2) is 0 Å². The minimum absolute atomic E-state index is 0.0487. The fraction of sp³-hybridized carbons (Fsp3) is 0.926. The molecule has 0 bridgehead atoms. The van der Waals surface area contributed by atoms with Gasteiger partial charge < -0.3 is 19.9 Å². The molecule has 1 heterocycles. The Balaban J connectivity index is 2.20. The second-order valence-electron chi connectivity index (χ2n) is 9.70. The Kier molecular flexibility index (Phi) is 18.3. The van der Waals surface area contributed by atoms with Gasteiger partial charge in [0.05, 0.1) is 12.7 Å². The Morgan fingerprint density at radius 1 is 0.848 bits per heavy atom. The van der Waals surface area contributed by atoms with E-state index in [1.165, 1.54) is 64.2 Å². The van der Waals surface area contributed by atoms with Gasteiger partial charge in [0.1, 0.15) is 12.1 Å². The molecule has 0 aromatic rings. The highest BCUT2D eigenvalue weighted by Gasteiger charge is 2.29. The van der Waals surface area contributed by atoms with E-state index >= 15 is 0 Å². The Hall–Kier alpha value is -1.14. The summed E-state index contributed by atoms with van der Waals surface area (Å²) in [5.41, 5.74) is 0. The molecule has 194 valence electrons. The molecule has 1 aliphatic heterocycles. The first-order chi connectivity index (χ1) is 16.1. The first kappa shape index (κ1) is 29.9. The summed E-state index contributed by atoms with van der Waals surface area (Å²) < 4.78 is 11.1. The van der Waals surface area contributed by atoms with Crippen molar-refractivity contribution >= 4 is 11.9 Å². The average Bonchev–Trinajstić information content (AvgIpc) is 3.24. The third-order valence-corrected chi connectivity index (χ3v) is 6.47. The summed E-state index contributed by atoms with van der Waals surface area (Å²) in [6, 6.07) is -0.408. The first-order valence-electron chi connectivity index (χ1n) is 13.8. The number of unbranched alkanes of at least 4 members (excludes halogenated alkanes) is 11. The zero-order valence-electron chi connectivity index (χ0n) is 21.5. The van der Waals surface area contributed by atoms with Crippen LogP contribution in [-0.4, -0.2) is 48.4 Å². The smallest absolute Gasteiger partial charge is 0.323 e. The summed E-state index contributed by atoms with van der Waals surface area (Å²) in [5.74, 6) is -0.434. The highest BCUT2D eigenvalue weighted by molar-refractivity contribution is 5.76. The molecule has 1 saturated heterocycles. The quantitative estimate of drug-likeness (QED) is 0.162. The van der Waals surface area contributed by atoms with Gasteiger partial charge in [-0.2, -0.15) is 0 Å². The van der Waals surface area contributed by atoms with Gasteiger partial charge in [-0.3, -0.25) is 9.59 Å². The lowest BCUT2D eigenvalue weighted by atomic mass is 10.0. The Morgan fingerprint density at radius 2 is 1.42 bits per heavy atom. The zero-order chi connectivity index (χ0) is 24.2. The molecule has 33 heavy (non-hydrogen) atoms. The summed E-state index contributed by atoms with van der Waals surface area (Å²) in [6.07, 6.45) is 18.7. The van der Waals surface area contributed by atoms with Crippen molar-refractivity contribution < 1.29 is 24.2 Å². The van der Waals surface area contributed by atoms with Crippen LogP contribution in [0.5, 0.6) is 0 Å². The van der Waals surface area contributed by atoms with E-state index < -0.39 is 12.1 Å². The summed E-state index contributed by atoms with van der Waals surface area (Å²) in [4.78, 5) is 24.3. The van der Waals surface area contributed by atoms with E-state index in [0.29, 0.717) is 38.8 Å². The summed E-state index contributed by atoms with van der Waals surface area (Å²) in [6.45, 7) is 5.21. The molecule has 0 aliphatic carbocycles. The molecule has 2 atom stereocenters. The fourth-order valence-electron chi connectivity index (χ4n) is 4.35. The molecule has 1 rings (SSSR count). The van der Waals surface area contributed by atoms with E-state index in [-0.39, 0.29) is 18.0 Å². The minimum Gasteiger partial charge on any atom is -0.465 e. The second kappa shape index (κ2) is 20.3. The molecule has 0 radical (unpaired) electrons. The van der Waals surface area contributed by atoms with E-state index in [9.17, 15) is 14.7 Å². The molecule has 0 aromatic heterocycles. The molecule has 0 saturated carbocycles. The molecule has 0 spiro atoms. The van der Waals surface area contributed by atoms with Crippen molar-refractivity contribution in [3.63, 3.8) is 0 Å². The number of hydrogen-bond donors (Lipinski definition) is 2. The van der Waals surface area contributed by atoms with E-state index in [4.69, 9.17) is 9.47 Å². The predicted molar refractivity (Wildman–Crippen MR) is 133 cm³/mol.